The molecule has 0 radical (unpaired) electrons. The molecule has 0 unspecified atom stereocenters. The lowest BCUT2D eigenvalue weighted by Crippen LogP contribution is -2.22. The molecule has 4 nitrogen and oxygen atoms in total. The Morgan fingerprint density at radius 2 is 2.11 bits per heavy atom. The van der Waals surface area contributed by atoms with Gasteiger partial charge in [-0.25, -0.2) is 0 Å². The molecule has 3 rings (SSSR count). The maximum absolute atomic E-state index is 11.3. The van der Waals surface area contributed by atoms with Crippen molar-refractivity contribution >= 4 is 5.91 Å². The molecule has 2 N–H and O–H groups in total. The second-order valence-electron chi connectivity index (χ2n) is 4.71. The Kier molecular flexibility index (Phi) is 3.09. The Bertz CT molecular complexity index is 602. The van der Waals surface area contributed by atoms with Crippen LogP contribution in [0.15, 0.2) is 36.4 Å². The zero-order valence-corrected chi connectivity index (χ0v) is 10.6. The summed E-state index contributed by atoms with van der Waals surface area (Å²) in [6.07, 6.45) is 0.268. The average Bonchev–Trinajstić information content (AvgIpc) is 2.78. The molecule has 0 saturated carbocycles. The Morgan fingerprint density at radius 1 is 1.32 bits per heavy atom. The van der Waals surface area contributed by atoms with Crippen molar-refractivity contribution in [3.05, 3.63) is 47.8 Å². The molecule has 1 aromatic heterocycles. The van der Waals surface area contributed by atoms with Crippen LogP contribution in [0.2, 0.25) is 0 Å². The minimum Gasteiger partial charge on any atom is -0.373 e. The van der Waals surface area contributed by atoms with Crippen molar-refractivity contribution in [3.8, 4) is 11.1 Å². The van der Waals surface area contributed by atoms with Crippen molar-refractivity contribution < 1.29 is 9.53 Å². The Morgan fingerprint density at radius 3 is 2.84 bits per heavy atom. The van der Waals surface area contributed by atoms with Crippen LogP contribution in [0.3, 0.4) is 0 Å². The number of primary amides is 1. The van der Waals surface area contributed by atoms with Crippen LogP contribution in [0.5, 0.6) is 0 Å². The third-order valence-corrected chi connectivity index (χ3v) is 3.43. The summed E-state index contributed by atoms with van der Waals surface area (Å²) in [5.41, 5.74) is 9.68. The molecule has 2 aromatic rings. The second kappa shape index (κ2) is 4.90. The van der Waals surface area contributed by atoms with E-state index in [1.54, 1.807) is 0 Å². The third kappa shape index (κ3) is 2.27. The van der Waals surface area contributed by atoms with Gasteiger partial charge in [0, 0.05) is 23.5 Å². The predicted molar refractivity (Wildman–Crippen MR) is 72.4 cm³/mol. The van der Waals surface area contributed by atoms with E-state index in [1.165, 1.54) is 0 Å². The molecule has 1 amide bonds. The molecule has 0 bridgehead atoms. The highest BCUT2D eigenvalue weighted by Crippen LogP contribution is 2.29. The number of carbonyl (C=O) groups is 1. The lowest BCUT2D eigenvalue weighted by molar-refractivity contribution is -0.117. The van der Waals surface area contributed by atoms with Crippen LogP contribution in [0, 0.1) is 0 Å². The third-order valence-electron chi connectivity index (χ3n) is 3.43. The van der Waals surface area contributed by atoms with Gasteiger partial charge < -0.3 is 15.0 Å². The fourth-order valence-corrected chi connectivity index (χ4v) is 2.60. The number of nitrogens with zero attached hydrogens (tertiary/aromatic N) is 1. The lowest BCUT2D eigenvalue weighted by atomic mass is 10.0. The number of ether oxygens (including phenoxy) is 1. The maximum atomic E-state index is 11.3. The number of hydrogen-bond acceptors (Lipinski definition) is 2. The molecule has 1 aliphatic rings. The molecular weight excluding hydrogens is 240 g/mol. The highest BCUT2D eigenvalue weighted by Gasteiger charge is 2.20. The number of amides is 1. The van der Waals surface area contributed by atoms with Crippen LogP contribution >= 0.6 is 0 Å². The van der Waals surface area contributed by atoms with E-state index in [1.807, 2.05) is 30.3 Å². The predicted octanol–water partition coefficient (Wildman–Crippen LogP) is 1.71. The van der Waals surface area contributed by atoms with Gasteiger partial charge in [-0.3, -0.25) is 4.79 Å². The van der Waals surface area contributed by atoms with Crippen LogP contribution in [0.1, 0.15) is 11.4 Å². The van der Waals surface area contributed by atoms with Gasteiger partial charge >= 0.3 is 0 Å². The van der Waals surface area contributed by atoms with E-state index in [0.29, 0.717) is 13.2 Å². The van der Waals surface area contributed by atoms with E-state index in [0.717, 1.165) is 29.1 Å². The fourth-order valence-electron chi connectivity index (χ4n) is 2.60. The summed E-state index contributed by atoms with van der Waals surface area (Å²) in [7, 11) is 0. The topological polar surface area (TPSA) is 57.2 Å². The number of benzene rings is 1. The van der Waals surface area contributed by atoms with E-state index in [4.69, 9.17) is 10.5 Å². The van der Waals surface area contributed by atoms with Crippen molar-refractivity contribution in [1.82, 2.24) is 4.57 Å². The molecule has 0 atom stereocenters. The van der Waals surface area contributed by atoms with Crippen molar-refractivity contribution in [2.75, 3.05) is 6.61 Å². The molecule has 19 heavy (non-hydrogen) atoms. The van der Waals surface area contributed by atoms with Crippen LogP contribution < -0.4 is 5.73 Å². The summed E-state index contributed by atoms with van der Waals surface area (Å²) >= 11 is 0. The molecular formula is C15H16N2O2. The number of aromatic nitrogens is 1. The highest BCUT2D eigenvalue weighted by atomic mass is 16.5. The summed E-state index contributed by atoms with van der Waals surface area (Å²) in [5, 5.41) is 0. The van der Waals surface area contributed by atoms with E-state index in [-0.39, 0.29) is 12.3 Å². The smallest absolute Gasteiger partial charge is 0.223 e. The largest absolute Gasteiger partial charge is 0.373 e. The van der Waals surface area contributed by atoms with E-state index in [2.05, 4.69) is 10.6 Å². The Balaban J connectivity index is 2.12. The Labute approximate surface area is 111 Å². The number of rotatable bonds is 3. The standard InChI is InChI=1S/C15H16N2O2/c16-15(18)9-14-13(11-4-2-1-3-5-11)8-12-10-19-7-6-17(12)14/h1-5,8H,6-7,9-10H2,(H2,16,18). The minimum atomic E-state index is -0.301. The van der Waals surface area contributed by atoms with Gasteiger partial charge in [-0.2, -0.15) is 0 Å². The first-order valence-electron chi connectivity index (χ1n) is 6.38. The van der Waals surface area contributed by atoms with E-state index >= 15 is 0 Å². The van der Waals surface area contributed by atoms with Gasteiger partial charge in [0.25, 0.3) is 0 Å². The van der Waals surface area contributed by atoms with Gasteiger partial charge in [0.1, 0.15) is 0 Å². The zero-order chi connectivity index (χ0) is 13.2. The molecule has 1 aromatic carbocycles. The lowest BCUT2D eigenvalue weighted by Gasteiger charge is -2.18. The minimum absolute atomic E-state index is 0.268. The van der Waals surface area contributed by atoms with Crippen molar-refractivity contribution in [2.45, 2.75) is 19.6 Å². The molecule has 4 heteroatoms. The quantitative estimate of drug-likeness (QED) is 0.909. The number of carbonyl (C=O) groups excluding carboxylic acids is 1. The summed E-state index contributed by atoms with van der Waals surface area (Å²) in [4.78, 5) is 11.3. The monoisotopic (exact) mass is 256 g/mol. The van der Waals surface area contributed by atoms with Crippen LogP contribution in [-0.2, 0) is 29.1 Å². The van der Waals surface area contributed by atoms with Gasteiger partial charge in [-0.05, 0) is 11.6 Å². The van der Waals surface area contributed by atoms with E-state index in [9.17, 15) is 4.79 Å². The molecule has 0 aliphatic carbocycles. The van der Waals surface area contributed by atoms with Gasteiger partial charge in [-0.15, -0.1) is 0 Å². The van der Waals surface area contributed by atoms with Crippen molar-refractivity contribution in [2.24, 2.45) is 5.73 Å². The van der Waals surface area contributed by atoms with Crippen LogP contribution in [0.4, 0.5) is 0 Å². The van der Waals surface area contributed by atoms with E-state index < -0.39 is 0 Å². The fraction of sp³-hybridized carbons (Fsp3) is 0.267. The van der Waals surface area contributed by atoms with Crippen molar-refractivity contribution in [1.29, 1.82) is 0 Å². The molecule has 2 heterocycles. The van der Waals surface area contributed by atoms with Gasteiger partial charge in [-0.1, -0.05) is 30.3 Å². The number of hydrogen-bond donors (Lipinski definition) is 1. The first kappa shape index (κ1) is 12.0. The van der Waals surface area contributed by atoms with Crippen molar-refractivity contribution in [3.63, 3.8) is 0 Å². The first-order valence-corrected chi connectivity index (χ1v) is 6.38. The summed E-state index contributed by atoms with van der Waals surface area (Å²) in [5.74, 6) is -0.301. The second-order valence-corrected chi connectivity index (χ2v) is 4.71. The first-order chi connectivity index (χ1) is 9.25. The highest BCUT2D eigenvalue weighted by molar-refractivity contribution is 5.80. The number of nitrogens with two attached hydrogens (primary N) is 1. The van der Waals surface area contributed by atoms with Gasteiger partial charge in [0.05, 0.1) is 19.6 Å². The van der Waals surface area contributed by atoms with Gasteiger partial charge in [0.2, 0.25) is 5.91 Å². The normalized spacial score (nSPS) is 14.1. The SMILES string of the molecule is NC(=O)Cc1c(-c2ccccc2)cc2n1CCOC2. The maximum Gasteiger partial charge on any atom is 0.223 e. The van der Waals surface area contributed by atoms with Crippen LogP contribution in [-0.4, -0.2) is 17.1 Å². The molecule has 0 fully saturated rings. The summed E-state index contributed by atoms with van der Waals surface area (Å²) in [6, 6.07) is 12.2. The van der Waals surface area contributed by atoms with Crippen LogP contribution in [0.25, 0.3) is 11.1 Å². The number of fused-ring (bicyclic) bond motifs is 1. The summed E-state index contributed by atoms with van der Waals surface area (Å²) in [6.45, 7) is 2.06. The molecule has 0 saturated heterocycles. The Hall–Kier alpha value is -2.07. The molecule has 1 aliphatic heterocycles. The molecule has 0 spiro atoms. The zero-order valence-electron chi connectivity index (χ0n) is 10.6. The average molecular weight is 256 g/mol. The molecule has 98 valence electrons. The summed E-state index contributed by atoms with van der Waals surface area (Å²) < 4.78 is 7.63. The van der Waals surface area contributed by atoms with Gasteiger partial charge in [0.15, 0.2) is 0 Å².